The second-order valence-electron chi connectivity index (χ2n) is 6.73. The minimum atomic E-state index is -0.579. The fourth-order valence-electron chi connectivity index (χ4n) is 1.50. The van der Waals surface area contributed by atoms with Gasteiger partial charge in [-0.25, -0.2) is 9.59 Å². The molecule has 116 valence electrons. The number of ether oxygens (including phenoxy) is 2. The van der Waals surface area contributed by atoms with Crippen molar-refractivity contribution in [3.63, 3.8) is 0 Å². The molecule has 5 heteroatoms. The van der Waals surface area contributed by atoms with Crippen LogP contribution in [0, 0.1) is 3.57 Å². The molecule has 4 nitrogen and oxygen atoms in total. The third-order valence-electron chi connectivity index (χ3n) is 2.17. The lowest BCUT2D eigenvalue weighted by Crippen LogP contribution is -2.25. The molecule has 0 N–H and O–H groups in total. The summed E-state index contributed by atoms with van der Waals surface area (Å²) in [5, 5.41) is 0. The molecule has 0 radical (unpaired) electrons. The first-order valence-electron chi connectivity index (χ1n) is 6.65. The predicted octanol–water partition coefficient (Wildman–Crippen LogP) is 4.20. The van der Waals surface area contributed by atoms with E-state index in [9.17, 15) is 9.59 Å². The van der Waals surface area contributed by atoms with E-state index in [0.29, 0.717) is 11.1 Å². The maximum Gasteiger partial charge on any atom is 0.338 e. The van der Waals surface area contributed by atoms with Crippen LogP contribution in [0.2, 0.25) is 0 Å². The van der Waals surface area contributed by atoms with Gasteiger partial charge in [0.15, 0.2) is 0 Å². The van der Waals surface area contributed by atoms with Crippen molar-refractivity contribution in [3.8, 4) is 0 Å². The molecule has 0 aliphatic heterocycles. The molecule has 0 saturated carbocycles. The van der Waals surface area contributed by atoms with E-state index in [1.807, 2.05) is 0 Å². The van der Waals surface area contributed by atoms with Gasteiger partial charge in [-0.05, 0) is 82.3 Å². The Bertz CT molecular complexity index is 504. The van der Waals surface area contributed by atoms with Crippen molar-refractivity contribution in [1.82, 2.24) is 0 Å². The van der Waals surface area contributed by atoms with E-state index in [0.717, 1.165) is 3.57 Å². The molecule has 1 aromatic carbocycles. The largest absolute Gasteiger partial charge is 0.456 e. The van der Waals surface area contributed by atoms with Gasteiger partial charge >= 0.3 is 11.9 Å². The van der Waals surface area contributed by atoms with Crippen LogP contribution in [-0.4, -0.2) is 23.1 Å². The molecule has 21 heavy (non-hydrogen) atoms. The lowest BCUT2D eigenvalue weighted by atomic mass is 10.1. The molecule has 1 rings (SSSR count). The number of carbonyl (C=O) groups is 2. The van der Waals surface area contributed by atoms with Gasteiger partial charge in [-0.1, -0.05) is 0 Å². The molecule has 0 aliphatic carbocycles. The summed E-state index contributed by atoms with van der Waals surface area (Å²) in [6.45, 7) is 10.8. The summed E-state index contributed by atoms with van der Waals surface area (Å²) < 4.78 is 11.4. The van der Waals surface area contributed by atoms with Crippen molar-refractivity contribution in [2.45, 2.75) is 52.7 Å². The van der Waals surface area contributed by atoms with Crippen LogP contribution in [0.15, 0.2) is 18.2 Å². The number of hydrogen-bond donors (Lipinski definition) is 0. The highest BCUT2D eigenvalue weighted by Crippen LogP contribution is 2.19. The Hall–Kier alpha value is -1.11. The topological polar surface area (TPSA) is 52.6 Å². The standard InChI is InChI=1S/C16H21IO4/c1-15(2,3)20-13(18)10-7-11(9-12(17)8-10)14(19)21-16(4,5)6/h7-9H,1-6H3. The highest BCUT2D eigenvalue weighted by molar-refractivity contribution is 14.1. The smallest absolute Gasteiger partial charge is 0.338 e. The Balaban J connectivity index is 3.05. The lowest BCUT2D eigenvalue weighted by Gasteiger charge is -2.21. The number of hydrogen-bond acceptors (Lipinski definition) is 4. The molecule has 0 fully saturated rings. The number of halogens is 1. The van der Waals surface area contributed by atoms with E-state index in [2.05, 4.69) is 22.6 Å². The Morgan fingerprint density at radius 3 is 1.43 bits per heavy atom. The second-order valence-corrected chi connectivity index (χ2v) is 7.98. The van der Waals surface area contributed by atoms with Crippen molar-refractivity contribution in [3.05, 3.63) is 32.9 Å². The normalized spacial score (nSPS) is 12.0. The average molecular weight is 404 g/mol. The molecular weight excluding hydrogens is 383 g/mol. The SMILES string of the molecule is CC(C)(C)OC(=O)c1cc(I)cc(C(=O)OC(C)(C)C)c1. The zero-order valence-corrected chi connectivity index (χ0v) is 15.4. The summed E-state index contributed by atoms with van der Waals surface area (Å²) >= 11 is 2.06. The van der Waals surface area contributed by atoms with Gasteiger partial charge in [-0.3, -0.25) is 0 Å². The summed E-state index contributed by atoms with van der Waals surface area (Å²) in [5.74, 6) is -0.906. The highest BCUT2D eigenvalue weighted by Gasteiger charge is 2.22. The number of rotatable bonds is 2. The van der Waals surface area contributed by atoms with Crippen LogP contribution < -0.4 is 0 Å². The van der Waals surface area contributed by atoms with Crippen LogP contribution in [0.25, 0.3) is 0 Å². The van der Waals surface area contributed by atoms with E-state index in [-0.39, 0.29) is 0 Å². The molecule has 1 aromatic rings. The maximum absolute atomic E-state index is 12.1. The van der Waals surface area contributed by atoms with E-state index >= 15 is 0 Å². The van der Waals surface area contributed by atoms with Gasteiger partial charge in [0.1, 0.15) is 11.2 Å². The molecule has 0 aromatic heterocycles. The zero-order valence-electron chi connectivity index (χ0n) is 13.2. The van der Waals surface area contributed by atoms with E-state index in [4.69, 9.17) is 9.47 Å². The molecule has 0 unspecified atom stereocenters. The minimum absolute atomic E-state index is 0.345. The number of benzene rings is 1. The van der Waals surface area contributed by atoms with Gasteiger partial charge in [0.05, 0.1) is 11.1 Å². The zero-order chi connectivity index (χ0) is 16.4. The summed E-state index contributed by atoms with van der Waals surface area (Å²) in [4.78, 5) is 24.2. The average Bonchev–Trinajstić information content (AvgIpc) is 2.23. The molecule has 0 saturated heterocycles. The van der Waals surface area contributed by atoms with Crippen molar-refractivity contribution in [1.29, 1.82) is 0 Å². The van der Waals surface area contributed by atoms with Gasteiger partial charge in [0, 0.05) is 3.57 Å². The molecule has 0 aliphatic rings. The first kappa shape index (κ1) is 17.9. The molecule has 0 bridgehead atoms. The number of carbonyl (C=O) groups excluding carboxylic acids is 2. The Morgan fingerprint density at radius 1 is 0.810 bits per heavy atom. The highest BCUT2D eigenvalue weighted by atomic mass is 127. The van der Waals surface area contributed by atoms with Gasteiger partial charge in [0.25, 0.3) is 0 Å². The van der Waals surface area contributed by atoms with Gasteiger partial charge in [-0.2, -0.15) is 0 Å². The van der Waals surface area contributed by atoms with Crippen LogP contribution >= 0.6 is 22.6 Å². The predicted molar refractivity (Wildman–Crippen MR) is 89.5 cm³/mol. The molecular formula is C16H21IO4. The van der Waals surface area contributed by atoms with E-state index in [1.165, 1.54) is 6.07 Å². The van der Waals surface area contributed by atoms with Crippen LogP contribution in [0.4, 0.5) is 0 Å². The van der Waals surface area contributed by atoms with Gasteiger partial charge in [-0.15, -0.1) is 0 Å². The second kappa shape index (κ2) is 6.34. The third-order valence-corrected chi connectivity index (χ3v) is 2.79. The van der Waals surface area contributed by atoms with Crippen molar-refractivity contribution >= 4 is 34.5 Å². The van der Waals surface area contributed by atoms with Crippen LogP contribution in [-0.2, 0) is 9.47 Å². The van der Waals surface area contributed by atoms with Gasteiger partial charge in [0.2, 0.25) is 0 Å². The fraction of sp³-hybridized carbons (Fsp3) is 0.500. The van der Waals surface area contributed by atoms with Crippen LogP contribution in [0.5, 0.6) is 0 Å². The Kier molecular flexibility index (Phi) is 5.41. The van der Waals surface area contributed by atoms with Crippen molar-refractivity contribution in [2.75, 3.05) is 0 Å². The van der Waals surface area contributed by atoms with E-state index in [1.54, 1.807) is 53.7 Å². The molecule has 0 amide bonds. The van der Waals surface area contributed by atoms with E-state index < -0.39 is 23.1 Å². The first-order chi connectivity index (χ1) is 9.37. The Morgan fingerprint density at radius 2 is 1.14 bits per heavy atom. The van der Waals surface area contributed by atoms with Gasteiger partial charge < -0.3 is 9.47 Å². The minimum Gasteiger partial charge on any atom is -0.456 e. The molecule has 0 heterocycles. The maximum atomic E-state index is 12.1. The lowest BCUT2D eigenvalue weighted by molar-refractivity contribution is 0.00676. The molecule has 0 atom stereocenters. The summed E-state index contributed by atoms with van der Waals surface area (Å²) in [7, 11) is 0. The number of esters is 2. The quantitative estimate of drug-likeness (QED) is 0.548. The van der Waals surface area contributed by atoms with Crippen molar-refractivity contribution in [2.24, 2.45) is 0 Å². The van der Waals surface area contributed by atoms with Crippen molar-refractivity contribution < 1.29 is 19.1 Å². The molecule has 0 spiro atoms. The monoisotopic (exact) mass is 404 g/mol. The summed E-state index contributed by atoms with van der Waals surface area (Å²) in [6.07, 6.45) is 0. The third kappa shape index (κ3) is 6.46. The van der Waals surface area contributed by atoms with Crippen LogP contribution in [0.1, 0.15) is 62.3 Å². The summed E-state index contributed by atoms with van der Waals surface area (Å²) in [6, 6.07) is 4.87. The van der Waals surface area contributed by atoms with Crippen LogP contribution in [0.3, 0.4) is 0 Å². The fourth-order valence-corrected chi connectivity index (χ4v) is 2.17. The summed E-state index contributed by atoms with van der Waals surface area (Å²) in [5.41, 5.74) is -0.468. The Labute approximate surface area is 139 Å². The first-order valence-corrected chi connectivity index (χ1v) is 7.72.